The van der Waals surface area contributed by atoms with E-state index in [1.165, 1.54) is 4.31 Å². The number of sulfonamides is 1. The molecular formula is C12H14N4O4S. The number of anilines is 1. The van der Waals surface area contributed by atoms with Crippen molar-refractivity contribution in [3.8, 4) is 5.75 Å². The molecule has 2 aromatic rings. The van der Waals surface area contributed by atoms with Crippen molar-refractivity contribution in [2.45, 2.75) is 12.5 Å². The maximum absolute atomic E-state index is 11.9. The highest BCUT2D eigenvalue weighted by molar-refractivity contribution is 7.92. The lowest BCUT2D eigenvalue weighted by molar-refractivity contribution is 0.198. The van der Waals surface area contributed by atoms with Gasteiger partial charge in [0.15, 0.2) is 0 Å². The van der Waals surface area contributed by atoms with E-state index in [1.54, 1.807) is 24.3 Å². The number of nitrogens with zero attached hydrogens (tertiary/aromatic N) is 2. The van der Waals surface area contributed by atoms with Gasteiger partial charge in [-0.05, 0) is 12.1 Å². The molecule has 0 bridgehead atoms. The van der Waals surface area contributed by atoms with Gasteiger partial charge in [0.1, 0.15) is 17.7 Å². The van der Waals surface area contributed by atoms with E-state index >= 15 is 0 Å². The summed E-state index contributed by atoms with van der Waals surface area (Å²) in [5.41, 5.74) is 0.118. The van der Waals surface area contributed by atoms with E-state index < -0.39 is 21.8 Å². The second-order valence-corrected chi connectivity index (χ2v) is 6.74. The first-order chi connectivity index (χ1) is 9.93. The van der Waals surface area contributed by atoms with E-state index in [9.17, 15) is 13.2 Å². The summed E-state index contributed by atoms with van der Waals surface area (Å²) in [4.78, 5) is 13.6. The zero-order valence-electron chi connectivity index (χ0n) is 11.2. The standard InChI is InChI=1S/C12H14N4O4S/c1-21(18,19)16-7-8(6-11-13-12(17)15-14-11)20-10-5-3-2-4-9(10)16/h2-5,8H,6-7H2,1H3,(H2,13,14,15,17)/t8-/m0/s1. The lowest BCUT2D eigenvalue weighted by Crippen LogP contribution is -2.44. The number of aromatic nitrogens is 3. The number of para-hydroxylation sites is 2. The number of benzene rings is 1. The topological polar surface area (TPSA) is 108 Å². The van der Waals surface area contributed by atoms with Gasteiger partial charge >= 0.3 is 5.69 Å². The Morgan fingerprint density at radius 2 is 2.19 bits per heavy atom. The fourth-order valence-corrected chi connectivity index (χ4v) is 3.25. The Morgan fingerprint density at radius 1 is 1.43 bits per heavy atom. The van der Waals surface area contributed by atoms with Crippen molar-refractivity contribution in [2.75, 3.05) is 17.1 Å². The number of hydrogen-bond donors (Lipinski definition) is 2. The van der Waals surface area contributed by atoms with Gasteiger partial charge in [0.25, 0.3) is 0 Å². The van der Waals surface area contributed by atoms with Crippen molar-refractivity contribution in [3.05, 3.63) is 40.6 Å². The minimum absolute atomic E-state index is 0.171. The van der Waals surface area contributed by atoms with Crippen LogP contribution in [0.15, 0.2) is 29.1 Å². The van der Waals surface area contributed by atoms with E-state index in [0.29, 0.717) is 23.7 Å². The summed E-state index contributed by atoms with van der Waals surface area (Å²) in [6, 6.07) is 6.94. The molecule has 1 aliphatic heterocycles. The molecule has 9 heteroatoms. The van der Waals surface area contributed by atoms with E-state index in [-0.39, 0.29) is 6.54 Å². The Morgan fingerprint density at radius 3 is 2.86 bits per heavy atom. The van der Waals surface area contributed by atoms with Crippen LogP contribution in [-0.4, -0.2) is 42.5 Å². The lowest BCUT2D eigenvalue weighted by atomic mass is 10.2. The molecule has 0 aliphatic carbocycles. The third kappa shape index (κ3) is 2.77. The summed E-state index contributed by atoms with van der Waals surface area (Å²) in [6.07, 6.45) is 1.04. The maximum atomic E-state index is 11.9. The molecule has 1 atom stereocenters. The molecule has 112 valence electrons. The summed E-state index contributed by atoms with van der Waals surface area (Å²) in [5, 5.41) is 6.08. The first-order valence-electron chi connectivity index (χ1n) is 6.30. The monoisotopic (exact) mass is 310 g/mol. The first kappa shape index (κ1) is 13.7. The molecule has 0 spiro atoms. The Balaban J connectivity index is 1.92. The largest absolute Gasteiger partial charge is 0.486 e. The Bertz CT molecular complexity index is 810. The van der Waals surface area contributed by atoms with Gasteiger partial charge in [0.2, 0.25) is 10.0 Å². The van der Waals surface area contributed by atoms with Gasteiger partial charge in [-0.25, -0.2) is 18.3 Å². The van der Waals surface area contributed by atoms with Crippen LogP contribution in [0.4, 0.5) is 5.69 Å². The van der Waals surface area contributed by atoms with Crippen molar-refractivity contribution >= 4 is 15.7 Å². The summed E-state index contributed by atoms with van der Waals surface area (Å²) in [7, 11) is -3.41. The number of H-pyrrole nitrogens is 2. The molecule has 1 aromatic heterocycles. The first-order valence-corrected chi connectivity index (χ1v) is 8.15. The molecule has 8 nitrogen and oxygen atoms in total. The molecule has 1 aliphatic rings. The molecule has 0 saturated carbocycles. The summed E-state index contributed by atoms with van der Waals surface area (Å²) < 4.78 is 31.0. The predicted molar refractivity (Wildman–Crippen MR) is 76.0 cm³/mol. The average Bonchev–Trinajstić information content (AvgIpc) is 2.82. The molecule has 0 amide bonds. The zero-order chi connectivity index (χ0) is 15.0. The van der Waals surface area contributed by atoms with Gasteiger partial charge in [-0.3, -0.25) is 9.29 Å². The molecule has 21 heavy (non-hydrogen) atoms. The third-order valence-corrected chi connectivity index (χ3v) is 4.32. The smallest absolute Gasteiger partial charge is 0.340 e. The van der Waals surface area contributed by atoms with Gasteiger partial charge in [-0.2, -0.15) is 5.10 Å². The van der Waals surface area contributed by atoms with E-state index in [2.05, 4.69) is 15.2 Å². The number of fused-ring (bicyclic) bond motifs is 1. The van der Waals surface area contributed by atoms with Crippen LogP contribution in [0.5, 0.6) is 5.75 Å². The molecule has 0 saturated heterocycles. The number of hydrogen-bond acceptors (Lipinski definition) is 5. The van der Waals surface area contributed by atoms with Gasteiger partial charge in [-0.1, -0.05) is 12.1 Å². The van der Waals surface area contributed by atoms with Gasteiger partial charge in [0, 0.05) is 6.42 Å². The fourth-order valence-electron chi connectivity index (χ4n) is 2.30. The van der Waals surface area contributed by atoms with Crippen LogP contribution in [0.25, 0.3) is 0 Å². The van der Waals surface area contributed by atoms with Gasteiger partial charge < -0.3 is 4.74 Å². The van der Waals surface area contributed by atoms with Crippen LogP contribution in [0.2, 0.25) is 0 Å². The minimum atomic E-state index is -3.41. The molecule has 1 aromatic carbocycles. The number of aromatic amines is 2. The van der Waals surface area contributed by atoms with Crippen molar-refractivity contribution < 1.29 is 13.2 Å². The highest BCUT2D eigenvalue weighted by Gasteiger charge is 2.31. The number of nitrogens with one attached hydrogen (secondary N) is 2. The minimum Gasteiger partial charge on any atom is -0.486 e. The average molecular weight is 310 g/mol. The third-order valence-electron chi connectivity index (χ3n) is 3.17. The quantitative estimate of drug-likeness (QED) is 0.821. The van der Waals surface area contributed by atoms with Gasteiger partial charge in [0.05, 0.1) is 18.5 Å². The van der Waals surface area contributed by atoms with Crippen LogP contribution in [0, 0.1) is 0 Å². The highest BCUT2D eigenvalue weighted by Crippen LogP contribution is 2.34. The van der Waals surface area contributed by atoms with Crippen LogP contribution >= 0.6 is 0 Å². The normalized spacial score (nSPS) is 18.1. The molecule has 0 unspecified atom stereocenters. The Kier molecular flexibility index (Phi) is 3.20. The van der Waals surface area contributed by atoms with Crippen LogP contribution in [0.1, 0.15) is 5.82 Å². The van der Waals surface area contributed by atoms with Gasteiger partial charge in [-0.15, -0.1) is 0 Å². The molecule has 0 fully saturated rings. The lowest BCUT2D eigenvalue weighted by Gasteiger charge is -2.34. The number of rotatable bonds is 3. The van der Waals surface area contributed by atoms with Crippen molar-refractivity contribution in [1.82, 2.24) is 15.2 Å². The predicted octanol–water partition coefficient (Wildman–Crippen LogP) is -0.132. The van der Waals surface area contributed by atoms with E-state index in [4.69, 9.17) is 4.74 Å². The molecule has 0 radical (unpaired) electrons. The second kappa shape index (κ2) is 4.92. The van der Waals surface area contributed by atoms with E-state index in [1.807, 2.05) is 0 Å². The number of ether oxygens (including phenoxy) is 1. The van der Waals surface area contributed by atoms with Crippen LogP contribution in [-0.2, 0) is 16.4 Å². The van der Waals surface area contributed by atoms with Crippen LogP contribution in [0.3, 0.4) is 0 Å². The molecule has 3 rings (SSSR count). The second-order valence-electron chi connectivity index (χ2n) is 4.83. The highest BCUT2D eigenvalue weighted by atomic mass is 32.2. The van der Waals surface area contributed by atoms with Crippen molar-refractivity contribution in [2.24, 2.45) is 0 Å². The van der Waals surface area contributed by atoms with E-state index in [0.717, 1.165) is 6.26 Å². The Labute approximate surface area is 120 Å². The SMILES string of the molecule is CS(=O)(=O)N1C[C@H](Cc2n[nH]c(=O)[nH]2)Oc2ccccc21. The maximum Gasteiger partial charge on any atom is 0.340 e. The fraction of sp³-hybridized carbons (Fsp3) is 0.333. The molecule has 2 heterocycles. The summed E-state index contributed by atoms with van der Waals surface area (Å²) >= 11 is 0. The zero-order valence-corrected chi connectivity index (χ0v) is 12.1. The van der Waals surface area contributed by atoms with Crippen molar-refractivity contribution in [1.29, 1.82) is 0 Å². The Hall–Kier alpha value is -2.29. The molecular weight excluding hydrogens is 296 g/mol. The van der Waals surface area contributed by atoms with Crippen molar-refractivity contribution in [3.63, 3.8) is 0 Å². The van der Waals surface area contributed by atoms with Crippen LogP contribution < -0.4 is 14.7 Å². The molecule has 2 N–H and O–H groups in total. The summed E-state index contributed by atoms with van der Waals surface area (Å²) in [6.45, 7) is 0.171. The summed E-state index contributed by atoms with van der Waals surface area (Å²) in [5.74, 6) is 0.926.